The van der Waals surface area contributed by atoms with Gasteiger partial charge < -0.3 is 39.2 Å². The van der Waals surface area contributed by atoms with E-state index in [0.717, 1.165) is 12.0 Å². The number of carbonyl (C=O) groups excluding carboxylic acids is 5. The first-order valence-corrected chi connectivity index (χ1v) is 22.6. The van der Waals surface area contributed by atoms with Gasteiger partial charge in [-0.2, -0.15) is 0 Å². The van der Waals surface area contributed by atoms with Crippen molar-refractivity contribution < 1.29 is 47.7 Å². The lowest BCUT2D eigenvalue weighted by atomic mass is 9.45. The van der Waals surface area contributed by atoms with E-state index >= 15 is 9.59 Å². The molecule has 16 nitrogen and oxygen atoms in total. The Morgan fingerprint density at radius 3 is 2.32 bits per heavy atom. The number of ether oxygens (including phenoxy) is 5. The second kappa shape index (κ2) is 16.7. The molecule has 2 N–H and O–H groups in total. The predicted molar refractivity (Wildman–Crippen MR) is 240 cm³/mol. The summed E-state index contributed by atoms with van der Waals surface area (Å²) in [4.78, 5) is 80.4. The lowest BCUT2D eigenvalue weighted by Gasteiger charge is -2.62. The number of Topliss-reactive ketones (excluding diaryl/α,β-unsaturated/α-hetero) is 2. The highest BCUT2D eigenvalue weighted by molar-refractivity contribution is 6.11. The number of esters is 2. The van der Waals surface area contributed by atoms with Gasteiger partial charge in [-0.05, 0) is 100 Å². The number of benzene rings is 1. The number of hydrogen-bond donors (Lipinski definition) is 1. The zero-order valence-corrected chi connectivity index (χ0v) is 39.2. The molecule has 7 unspecified atom stereocenters. The molecule has 7 atom stereocenters. The van der Waals surface area contributed by atoms with Crippen LogP contribution in [-0.2, 0) is 35.1 Å². The second-order valence-electron chi connectivity index (χ2n) is 19.8. The number of amides is 1. The van der Waals surface area contributed by atoms with Crippen molar-refractivity contribution in [1.29, 1.82) is 0 Å². The van der Waals surface area contributed by atoms with Gasteiger partial charge in [-0.3, -0.25) is 19.2 Å². The number of anilines is 1. The molecule has 65 heavy (non-hydrogen) atoms. The molecule has 5 fully saturated rings. The molecule has 1 aromatic carbocycles. The third kappa shape index (κ3) is 7.59. The lowest BCUT2D eigenvalue weighted by Crippen LogP contribution is -2.78. The number of piperazine rings is 1. The highest BCUT2D eigenvalue weighted by Crippen LogP contribution is 2.72. The van der Waals surface area contributed by atoms with E-state index in [4.69, 9.17) is 29.4 Å². The van der Waals surface area contributed by atoms with Crippen LogP contribution >= 0.6 is 0 Å². The van der Waals surface area contributed by atoms with Crippen molar-refractivity contribution in [2.45, 2.75) is 122 Å². The molecule has 9 rings (SSSR count). The molecule has 16 heteroatoms. The van der Waals surface area contributed by atoms with E-state index < -0.39 is 70.3 Å². The molecule has 3 saturated carbocycles. The van der Waals surface area contributed by atoms with E-state index in [9.17, 15) is 14.4 Å². The van der Waals surface area contributed by atoms with Gasteiger partial charge in [0.05, 0.1) is 30.2 Å². The van der Waals surface area contributed by atoms with Crippen LogP contribution in [-0.4, -0.2) is 117 Å². The Hall–Kier alpha value is -5.61. The summed E-state index contributed by atoms with van der Waals surface area (Å²) in [5, 5.41) is 4.48. The summed E-state index contributed by atoms with van der Waals surface area (Å²) >= 11 is 0. The number of nitrogens with zero attached hydrogens (tertiary/aromatic N) is 5. The average molecular weight is 895 g/mol. The largest absolute Gasteiger partial charge is 0.482 e. The van der Waals surface area contributed by atoms with Gasteiger partial charge in [0.25, 0.3) is 0 Å². The fourth-order valence-corrected chi connectivity index (χ4v) is 11.2. The number of fused-ring (bicyclic) bond motifs is 2. The topological polar surface area (TPSA) is 195 Å². The number of nitrogen functional groups attached to an aromatic ring is 1. The van der Waals surface area contributed by atoms with Crippen LogP contribution in [0.2, 0.25) is 0 Å². The minimum absolute atomic E-state index is 0.00922. The van der Waals surface area contributed by atoms with E-state index in [1.54, 1.807) is 17.9 Å². The van der Waals surface area contributed by atoms with E-state index in [1.807, 2.05) is 73.7 Å². The molecule has 1 amide bonds. The number of allylic oxidation sites excluding steroid dienone is 4. The quantitative estimate of drug-likeness (QED) is 0.0884. The summed E-state index contributed by atoms with van der Waals surface area (Å²) < 4.78 is 34.6. The number of ketones is 2. The molecular formula is C49H62N6O10. The Labute approximate surface area is 380 Å². The minimum atomic E-state index is -1.78. The maximum atomic E-state index is 16.3. The first-order valence-electron chi connectivity index (χ1n) is 22.6. The van der Waals surface area contributed by atoms with Gasteiger partial charge in [-0.15, -0.1) is 5.10 Å². The molecule has 2 saturated heterocycles. The monoisotopic (exact) mass is 894 g/mol. The second-order valence-corrected chi connectivity index (χ2v) is 19.8. The van der Waals surface area contributed by atoms with Crippen LogP contribution < -0.4 is 19.9 Å². The Morgan fingerprint density at radius 2 is 1.68 bits per heavy atom. The Morgan fingerprint density at radius 1 is 0.969 bits per heavy atom. The van der Waals surface area contributed by atoms with Crippen molar-refractivity contribution in [1.82, 2.24) is 24.6 Å². The van der Waals surface area contributed by atoms with E-state index in [0.29, 0.717) is 49.5 Å². The molecule has 4 aliphatic heterocycles. The van der Waals surface area contributed by atoms with Gasteiger partial charge in [0, 0.05) is 55.6 Å². The van der Waals surface area contributed by atoms with Crippen molar-refractivity contribution in [2.24, 2.45) is 17.8 Å². The summed E-state index contributed by atoms with van der Waals surface area (Å²) in [5.74, 6) is -4.79. The van der Waals surface area contributed by atoms with Crippen LogP contribution in [0.3, 0.4) is 0 Å². The van der Waals surface area contributed by atoms with Crippen molar-refractivity contribution >= 4 is 41.4 Å². The molecular weight excluding hydrogens is 833 g/mol. The highest BCUT2D eigenvalue weighted by Gasteiger charge is 2.86. The highest BCUT2D eigenvalue weighted by atomic mass is 16.6. The molecule has 1 spiro atoms. The fourth-order valence-electron chi connectivity index (χ4n) is 11.2. The van der Waals surface area contributed by atoms with Crippen molar-refractivity contribution in [2.75, 3.05) is 46.1 Å². The lowest BCUT2D eigenvalue weighted by molar-refractivity contribution is -0.209. The van der Waals surface area contributed by atoms with Crippen molar-refractivity contribution in [3.05, 3.63) is 64.0 Å². The van der Waals surface area contributed by atoms with Crippen molar-refractivity contribution in [3.63, 3.8) is 0 Å². The third-order valence-corrected chi connectivity index (χ3v) is 14.4. The summed E-state index contributed by atoms with van der Waals surface area (Å²) in [5.41, 5.74) is 4.07. The maximum Gasteiger partial charge on any atom is 0.333 e. The van der Waals surface area contributed by atoms with Crippen LogP contribution in [0.1, 0.15) is 115 Å². The molecule has 4 bridgehead atoms. The molecule has 3 aliphatic carbocycles. The number of carbonyl (C=O) groups is 5. The number of nitrogens with two attached hydrogens (primary N) is 1. The molecule has 7 aliphatic rings. The van der Waals surface area contributed by atoms with Crippen LogP contribution in [0.15, 0.2) is 47.4 Å². The Kier molecular flexibility index (Phi) is 11.8. The zero-order valence-electron chi connectivity index (χ0n) is 39.2. The van der Waals surface area contributed by atoms with Gasteiger partial charge in [-0.1, -0.05) is 29.4 Å². The number of methoxy groups -OCH3 is 1. The predicted octanol–water partition coefficient (Wildman–Crippen LogP) is 5.80. The standard InChI is InChI=1S/C49H62N6O10/c1-27(2)12-11-17-47(8)18-16-31-40(63-47)30(14-13-28(3)4)42-36(41(31)62-35(57)25-34(56)54-22-20-53(9)21-23-54)39(58)37-38(55-26-51-45(50)52-55)32-24-33-46(6,7)65-48(43(32)59,49(33,37)64-42)19-15-29(5)44(60)61-10/h12-13,15-16,18,26,32-33,37-38H,11,14,17,19-25H2,1-10H3,(H2,50,52). The van der Waals surface area contributed by atoms with Gasteiger partial charge in [0.15, 0.2) is 28.5 Å². The number of rotatable bonds is 12. The normalized spacial score (nSPS) is 29.5. The summed E-state index contributed by atoms with van der Waals surface area (Å²) in [6.45, 7) is 17.7. The number of hydrogen-bond acceptors (Lipinski definition) is 14. The van der Waals surface area contributed by atoms with Gasteiger partial charge >= 0.3 is 11.9 Å². The van der Waals surface area contributed by atoms with Gasteiger partial charge in [0.2, 0.25) is 11.9 Å². The summed E-state index contributed by atoms with van der Waals surface area (Å²) in [6.07, 6.45) is 12.1. The van der Waals surface area contributed by atoms with Crippen LogP contribution in [0.25, 0.3) is 6.08 Å². The number of aromatic nitrogens is 3. The van der Waals surface area contributed by atoms with E-state index in [1.165, 1.54) is 23.7 Å². The Balaban J connectivity index is 1.38. The first-order chi connectivity index (χ1) is 30.7. The third-order valence-electron chi connectivity index (χ3n) is 14.4. The average Bonchev–Trinajstić information content (AvgIpc) is 3.73. The molecule has 2 aromatic rings. The van der Waals surface area contributed by atoms with Crippen LogP contribution in [0.5, 0.6) is 17.2 Å². The molecule has 348 valence electrons. The first kappa shape index (κ1) is 45.9. The summed E-state index contributed by atoms with van der Waals surface area (Å²) in [7, 11) is 3.26. The molecule has 0 radical (unpaired) electrons. The molecule has 5 heterocycles. The number of likely N-dealkylation sites (N-methyl/N-ethyl adjacent to an activating group) is 1. The SMILES string of the molecule is COC(=O)C(C)=CCC12OC(C)(C)C3CC(C1=O)C(n1cnc(N)n1)C1C(=O)c4c(OC(=O)CC(=O)N5CCN(C)CC5)c5c(c(CC=C(C)C)c4OC132)OC(C)(CCC=C(C)C)C=C5. The minimum Gasteiger partial charge on any atom is -0.482 e. The molecule has 1 aromatic heterocycles. The van der Waals surface area contributed by atoms with E-state index in [-0.39, 0.29) is 59.5 Å². The van der Waals surface area contributed by atoms with Crippen molar-refractivity contribution in [3.8, 4) is 17.2 Å². The van der Waals surface area contributed by atoms with Gasteiger partial charge in [-0.25, -0.2) is 14.5 Å². The Bertz CT molecular complexity index is 2470. The van der Waals surface area contributed by atoms with Crippen LogP contribution in [0.4, 0.5) is 5.95 Å². The smallest absolute Gasteiger partial charge is 0.333 e. The summed E-state index contributed by atoms with van der Waals surface area (Å²) in [6, 6.07) is -0.940. The van der Waals surface area contributed by atoms with Gasteiger partial charge in [0.1, 0.15) is 35.4 Å². The maximum absolute atomic E-state index is 16.3. The van der Waals surface area contributed by atoms with E-state index in [2.05, 4.69) is 21.1 Å². The van der Waals surface area contributed by atoms with Crippen LogP contribution in [0, 0.1) is 17.8 Å². The fraction of sp³-hybridized carbons (Fsp3) is 0.571. The zero-order chi connectivity index (χ0) is 47.0.